The van der Waals surface area contributed by atoms with Crippen LogP contribution in [0.2, 0.25) is 0 Å². The van der Waals surface area contributed by atoms with Gasteiger partial charge in [-0.3, -0.25) is 4.79 Å². The summed E-state index contributed by atoms with van der Waals surface area (Å²) < 4.78 is 0. The van der Waals surface area contributed by atoms with E-state index in [-0.39, 0.29) is 18.2 Å². The van der Waals surface area contributed by atoms with Gasteiger partial charge in [-0.2, -0.15) is 5.26 Å². The summed E-state index contributed by atoms with van der Waals surface area (Å²) in [7, 11) is 0. The van der Waals surface area contributed by atoms with Crippen molar-refractivity contribution in [1.82, 2.24) is 10.2 Å². The summed E-state index contributed by atoms with van der Waals surface area (Å²) in [5.41, 5.74) is 2.87. The zero-order valence-corrected chi connectivity index (χ0v) is 17.2. The van der Waals surface area contributed by atoms with Crippen molar-refractivity contribution in [2.75, 3.05) is 13.2 Å². The molecule has 0 saturated carbocycles. The highest BCUT2D eigenvalue weighted by molar-refractivity contribution is 5.97. The molecule has 0 aliphatic heterocycles. The molecule has 0 unspecified atom stereocenters. The van der Waals surface area contributed by atoms with Crippen molar-refractivity contribution in [3.05, 3.63) is 119 Å². The molecule has 0 bridgehead atoms. The molecule has 3 aromatic carbocycles. The number of nitriles is 1. The van der Waals surface area contributed by atoms with E-state index < -0.39 is 5.91 Å². The van der Waals surface area contributed by atoms with E-state index in [0.717, 1.165) is 16.7 Å². The topological polar surface area (TPSA) is 76.4 Å². The number of benzene rings is 3. The summed E-state index contributed by atoms with van der Waals surface area (Å²) in [5.74, 6) is -0.462. The molecule has 5 heteroatoms. The maximum Gasteiger partial charge on any atom is 0.264 e. The van der Waals surface area contributed by atoms with Crippen molar-refractivity contribution in [3.63, 3.8) is 0 Å². The Morgan fingerprint density at radius 3 is 1.94 bits per heavy atom. The smallest absolute Gasteiger partial charge is 0.264 e. The Labute approximate surface area is 182 Å². The maximum absolute atomic E-state index is 13.0. The standard InChI is InChI=1S/C26H25N3O2/c27-18-24(20-29(16-17-30)19-21-10-4-1-5-11-21)26(31)28-25(22-12-6-2-7-13-22)23-14-8-3-9-15-23/h1-15,20,25,30H,16-17,19H2,(H,28,31)/b24-20-. The lowest BCUT2D eigenvalue weighted by atomic mass is 9.98. The van der Waals surface area contributed by atoms with Crippen LogP contribution in [0.5, 0.6) is 0 Å². The van der Waals surface area contributed by atoms with E-state index in [9.17, 15) is 15.2 Å². The molecule has 0 heterocycles. The number of aliphatic hydroxyl groups is 1. The first-order valence-electron chi connectivity index (χ1n) is 10.1. The van der Waals surface area contributed by atoms with Gasteiger partial charge in [-0.1, -0.05) is 91.0 Å². The van der Waals surface area contributed by atoms with Crippen LogP contribution in [0, 0.1) is 11.3 Å². The Bertz CT molecular complexity index is 989. The second kappa shape index (κ2) is 11.3. The minimum Gasteiger partial charge on any atom is -0.395 e. The summed E-state index contributed by atoms with van der Waals surface area (Å²) in [6.07, 6.45) is 1.52. The number of nitrogens with one attached hydrogen (secondary N) is 1. The first-order chi connectivity index (χ1) is 15.2. The highest BCUT2D eigenvalue weighted by atomic mass is 16.3. The Morgan fingerprint density at radius 2 is 1.45 bits per heavy atom. The minimum absolute atomic E-state index is 0.0127. The summed E-state index contributed by atoms with van der Waals surface area (Å²) in [6.45, 7) is 0.717. The van der Waals surface area contributed by atoms with Crippen LogP contribution < -0.4 is 5.32 Å². The van der Waals surface area contributed by atoms with Gasteiger partial charge in [-0.05, 0) is 16.7 Å². The summed E-state index contributed by atoms with van der Waals surface area (Å²) in [4.78, 5) is 14.8. The Hall–Kier alpha value is -3.88. The van der Waals surface area contributed by atoms with Gasteiger partial charge in [0.25, 0.3) is 5.91 Å². The molecule has 0 spiro atoms. The van der Waals surface area contributed by atoms with E-state index in [1.54, 1.807) is 4.90 Å². The van der Waals surface area contributed by atoms with E-state index in [1.807, 2.05) is 97.1 Å². The van der Waals surface area contributed by atoms with Crippen molar-refractivity contribution in [1.29, 1.82) is 5.26 Å². The average molecular weight is 412 g/mol. The molecule has 3 rings (SSSR count). The number of hydrogen-bond acceptors (Lipinski definition) is 4. The SMILES string of the molecule is N#C/C(=C/N(CCO)Cc1ccccc1)C(=O)NC(c1ccccc1)c1ccccc1. The van der Waals surface area contributed by atoms with Crippen molar-refractivity contribution in [2.24, 2.45) is 0 Å². The number of carbonyl (C=O) groups excluding carboxylic acids is 1. The van der Waals surface area contributed by atoms with Crippen molar-refractivity contribution in [3.8, 4) is 6.07 Å². The fourth-order valence-corrected chi connectivity index (χ4v) is 3.32. The van der Waals surface area contributed by atoms with Gasteiger partial charge >= 0.3 is 0 Å². The fraction of sp³-hybridized carbons (Fsp3) is 0.154. The number of nitrogens with zero attached hydrogens (tertiary/aromatic N) is 2. The van der Waals surface area contributed by atoms with Gasteiger partial charge in [0, 0.05) is 19.3 Å². The number of carbonyl (C=O) groups is 1. The minimum atomic E-state index is -0.462. The molecule has 0 fully saturated rings. The van der Waals surface area contributed by atoms with E-state index in [0.29, 0.717) is 13.1 Å². The van der Waals surface area contributed by atoms with Crippen LogP contribution in [0.25, 0.3) is 0 Å². The quantitative estimate of drug-likeness (QED) is 0.415. The molecule has 2 N–H and O–H groups in total. The zero-order valence-electron chi connectivity index (χ0n) is 17.2. The molecule has 0 aromatic heterocycles. The molecule has 0 aliphatic rings. The van der Waals surface area contributed by atoms with Crippen LogP contribution >= 0.6 is 0 Å². The number of aliphatic hydroxyl groups excluding tert-OH is 1. The van der Waals surface area contributed by atoms with Gasteiger partial charge in [0.1, 0.15) is 11.6 Å². The van der Waals surface area contributed by atoms with Gasteiger partial charge in [0.2, 0.25) is 0 Å². The highest BCUT2D eigenvalue weighted by Gasteiger charge is 2.19. The van der Waals surface area contributed by atoms with E-state index in [1.165, 1.54) is 6.20 Å². The molecule has 31 heavy (non-hydrogen) atoms. The van der Waals surface area contributed by atoms with Crippen LogP contribution in [-0.4, -0.2) is 29.1 Å². The number of rotatable bonds is 9. The molecular formula is C26H25N3O2. The van der Waals surface area contributed by atoms with Crippen molar-refractivity contribution in [2.45, 2.75) is 12.6 Å². The first-order valence-corrected chi connectivity index (χ1v) is 10.1. The largest absolute Gasteiger partial charge is 0.395 e. The molecular weight excluding hydrogens is 386 g/mol. The number of amides is 1. The van der Waals surface area contributed by atoms with Gasteiger partial charge < -0.3 is 15.3 Å². The van der Waals surface area contributed by atoms with Gasteiger partial charge in [-0.25, -0.2) is 0 Å². The van der Waals surface area contributed by atoms with Crippen molar-refractivity contribution < 1.29 is 9.90 Å². The van der Waals surface area contributed by atoms with Crippen molar-refractivity contribution >= 4 is 5.91 Å². The molecule has 0 atom stereocenters. The fourth-order valence-electron chi connectivity index (χ4n) is 3.32. The van der Waals surface area contributed by atoms with Gasteiger partial charge in [0.15, 0.2) is 0 Å². The molecule has 156 valence electrons. The van der Waals surface area contributed by atoms with E-state index in [2.05, 4.69) is 5.32 Å². The summed E-state index contributed by atoms with van der Waals surface area (Å²) in [6, 6.07) is 30.6. The molecule has 3 aromatic rings. The molecule has 0 aliphatic carbocycles. The monoisotopic (exact) mass is 411 g/mol. The first kappa shape index (κ1) is 21.8. The summed E-state index contributed by atoms with van der Waals surface area (Å²) >= 11 is 0. The average Bonchev–Trinajstić information content (AvgIpc) is 2.82. The molecule has 1 amide bonds. The normalized spacial score (nSPS) is 11.1. The third kappa shape index (κ3) is 6.30. The molecule has 5 nitrogen and oxygen atoms in total. The Balaban J connectivity index is 1.84. The Kier molecular flexibility index (Phi) is 7.98. The molecule has 0 radical (unpaired) electrons. The second-order valence-corrected chi connectivity index (χ2v) is 7.06. The molecule has 0 saturated heterocycles. The van der Waals surface area contributed by atoms with Crippen LogP contribution in [0.4, 0.5) is 0 Å². The third-order valence-corrected chi connectivity index (χ3v) is 4.83. The highest BCUT2D eigenvalue weighted by Crippen LogP contribution is 2.22. The van der Waals surface area contributed by atoms with E-state index >= 15 is 0 Å². The predicted octanol–water partition coefficient (Wildman–Crippen LogP) is 3.79. The van der Waals surface area contributed by atoms with Crippen LogP contribution in [0.3, 0.4) is 0 Å². The lowest BCUT2D eigenvalue weighted by Crippen LogP contribution is -2.31. The van der Waals surface area contributed by atoms with Crippen LogP contribution in [0.15, 0.2) is 103 Å². The zero-order chi connectivity index (χ0) is 21.9. The summed E-state index contributed by atoms with van der Waals surface area (Å²) in [5, 5.41) is 22.1. The van der Waals surface area contributed by atoms with E-state index in [4.69, 9.17) is 0 Å². The van der Waals surface area contributed by atoms with Gasteiger partial charge in [-0.15, -0.1) is 0 Å². The second-order valence-electron chi connectivity index (χ2n) is 7.06. The third-order valence-electron chi connectivity index (χ3n) is 4.83. The lowest BCUT2D eigenvalue weighted by molar-refractivity contribution is -0.117. The lowest BCUT2D eigenvalue weighted by Gasteiger charge is -2.22. The number of hydrogen-bond donors (Lipinski definition) is 2. The Morgan fingerprint density at radius 1 is 0.935 bits per heavy atom. The van der Waals surface area contributed by atoms with Crippen LogP contribution in [-0.2, 0) is 11.3 Å². The van der Waals surface area contributed by atoms with Crippen LogP contribution in [0.1, 0.15) is 22.7 Å². The maximum atomic E-state index is 13.0. The predicted molar refractivity (Wildman–Crippen MR) is 121 cm³/mol. The van der Waals surface area contributed by atoms with Gasteiger partial charge in [0.05, 0.1) is 12.6 Å².